The molecule has 2 saturated heterocycles. The van der Waals surface area contributed by atoms with E-state index in [0.717, 1.165) is 44.0 Å². The minimum absolute atomic E-state index is 0. The number of aliphatic imine (C=N–C) groups is 1. The lowest BCUT2D eigenvalue weighted by atomic mass is 9.85. The molecule has 2 fully saturated rings. The van der Waals surface area contributed by atoms with E-state index in [9.17, 15) is 9.18 Å². The molecule has 1 atom stereocenters. The Morgan fingerprint density at radius 1 is 1.20 bits per heavy atom. The van der Waals surface area contributed by atoms with Crippen molar-refractivity contribution >= 4 is 35.8 Å². The smallest absolute Gasteiger partial charge is 0.251 e. The maximum atomic E-state index is 13.2. The topological polar surface area (TPSA) is 57.2 Å². The number of nitrogens with one attached hydrogen (secondary N) is 1. The van der Waals surface area contributed by atoms with Gasteiger partial charge >= 0.3 is 0 Å². The Kier molecular flexibility index (Phi) is 9.33. The van der Waals surface area contributed by atoms with Gasteiger partial charge in [-0.05, 0) is 37.5 Å². The van der Waals surface area contributed by atoms with Crippen LogP contribution in [-0.4, -0.2) is 73.6 Å². The number of guanidine groups is 1. The van der Waals surface area contributed by atoms with Crippen LogP contribution in [0.1, 0.15) is 39.2 Å². The van der Waals surface area contributed by atoms with E-state index in [1.807, 2.05) is 17.0 Å². The summed E-state index contributed by atoms with van der Waals surface area (Å²) in [5.74, 6) is 0.769. The minimum atomic E-state index is -0.250. The van der Waals surface area contributed by atoms with Crippen molar-refractivity contribution in [2.24, 2.45) is 4.99 Å². The van der Waals surface area contributed by atoms with Crippen LogP contribution in [0.4, 0.5) is 4.39 Å². The van der Waals surface area contributed by atoms with E-state index in [-0.39, 0.29) is 47.2 Å². The Morgan fingerprint density at radius 2 is 1.83 bits per heavy atom. The van der Waals surface area contributed by atoms with Crippen LogP contribution >= 0.6 is 24.0 Å². The number of ether oxygens (including phenoxy) is 1. The molecule has 1 aromatic carbocycles. The van der Waals surface area contributed by atoms with Crippen LogP contribution in [0.3, 0.4) is 0 Å². The first-order chi connectivity index (χ1) is 13.9. The molecule has 0 bridgehead atoms. The number of hydrogen-bond donors (Lipinski definition) is 1. The standard InChI is InChI=1S/C22H33FN4O2.HI/c1-4-24-21(25-16-22(2,3)17-7-9-18(23)10-8-17)27-13-11-26(12-14-27)20(28)19-6-5-15-29-19;/h7-10,19H,4-6,11-16H2,1-3H3,(H,24,25);1H. The van der Waals surface area contributed by atoms with Gasteiger partial charge in [-0.3, -0.25) is 9.79 Å². The van der Waals surface area contributed by atoms with E-state index in [2.05, 4.69) is 31.0 Å². The third-order valence-electron chi connectivity index (χ3n) is 5.68. The quantitative estimate of drug-likeness (QED) is 0.360. The molecule has 0 saturated carbocycles. The normalized spacial score (nSPS) is 20.1. The molecule has 1 unspecified atom stereocenters. The van der Waals surface area contributed by atoms with Gasteiger partial charge in [0.2, 0.25) is 0 Å². The van der Waals surface area contributed by atoms with E-state index in [1.165, 1.54) is 12.1 Å². The summed E-state index contributed by atoms with van der Waals surface area (Å²) < 4.78 is 18.8. The first-order valence-electron chi connectivity index (χ1n) is 10.6. The molecule has 2 aliphatic heterocycles. The van der Waals surface area contributed by atoms with E-state index in [0.29, 0.717) is 26.2 Å². The molecule has 2 heterocycles. The van der Waals surface area contributed by atoms with Gasteiger partial charge in [-0.1, -0.05) is 26.0 Å². The van der Waals surface area contributed by atoms with Gasteiger partial charge < -0.3 is 19.9 Å². The molecule has 168 valence electrons. The zero-order valence-electron chi connectivity index (χ0n) is 18.2. The van der Waals surface area contributed by atoms with Crippen LogP contribution in [0.15, 0.2) is 29.3 Å². The van der Waals surface area contributed by atoms with Crippen molar-refractivity contribution < 1.29 is 13.9 Å². The minimum Gasteiger partial charge on any atom is -0.368 e. The van der Waals surface area contributed by atoms with Crippen LogP contribution in [0.25, 0.3) is 0 Å². The van der Waals surface area contributed by atoms with Gasteiger partial charge in [0.25, 0.3) is 5.91 Å². The van der Waals surface area contributed by atoms with Gasteiger partial charge in [0, 0.05) is 44.7 Å². The summed E-state index contributed by atoms with van der Waals surface area (Å²) in [4.78, 5) is 21.5. The van der Waals surface area contributed by atoms with Crippen molar-refractivity contribution in [3.05, 3.63) is 35.6 Å². The molecule has 0 spiro atoms. The first kappa shape index (κ1) is 24.8. The zero-order valence-corrected chi connectivity index (χ0v) is 20.5. The second-order valence-corrected chi connectivity index (χ2v) is 8.37. The average Bonchev–Trinajstić information content (AvgIpc) is 3.26. The van der Waals surface area contributed by atoms with Crippen LogP contribution < -0.4 is 5.32 Å². The van der Waals surface area contributed by atoms with Gasteiger partial charge in [-0.2, -0.15) is 0 Å². The largest absolute Gasteiger partial charge is 0.368 e. The molecule has 6 nitrogen and oxygen atoms in total. The maximum absolute atomic E-state index is 13.2. The highest BCUT2D eigenvalue weighted by Gasteiger charge is 2.31. The number of nitrogens with zero attached hydrogens (tertiary/aromatic N) is 3. The number of rotatable bonds is 5. The van der Waals surface area contributed by atoms with Crippen molar-refractivity contribution in [3.8, 4) is 0 Å². The van der Waals surface area contributed by atoms with Crippen LogP contribution in [0.5, 0.6) is 0 Å². The van der Waals surface area contributed by atoms with Crippen LogP contribution in [-0.2, 0) is 14.9 Å². The molecule has 1 amide bonds. The van der Waals surface area contributed by atoms with Gasteiger partial charge in [-0.25, -0.2) is 4.39 Å². The highest BCUT2D eigenvalue weighted by molar-refractivity contribution is 14.0. The number of piperazine rings is 1. The van der Waals surface area contributed by atoms with Gasteiger partial charge in [0.15, 0.2) is 5.96 Å². The summed E-state index contributed by atoms with van der Waals surface area (Å²) in [7, 11) is 0. The molecule has 2 aliphatic rings. The van der Waals surface area contributed by atoms with Crippen LogP contribution in [0, 0.1) is 5.82 Å². The van der Waals surface area contributed by atoms with Crippen molar-refractivity contribution in [2.45, 2.75) is 45.1 Å². The number of hydrogen-bond acceptors (Lipinski definition) is 3. The lowest BCUT2D eigenvalue weighted by molar-refractivity contribution is -0.142. The van der Waals surface area contributed by atoms with E-state index >= 15 is 0 Å². The number of carbonyl (C=O) groups is 1. The molecular weight excluding hydrogens is 498 g/mol. The summed E-state index contributed by atoms with van der Waals surface area (Å²) in [6, 6.07) is 6.65. The van der Waals surface area contributed by atoms with Crippen LogP contribution in [0.2, 0.25) is 0 Å². The molecule has 8 heteroatoms. The number of benzene rings is 1. The lowest BCUT2D eigenvalue weighted by Crippen LogP contribution is -2.55. The molecule has 0 aromatic heterocycles. The molecular formula is C22H34FIN4O2. The van der Waals surface area contributed by atoms with E-state index in [4.69, 9.17) is 9.73 Å². The highest BCUT2D eigenvalue weighted by Crippen LogP contribution is 2.24. The maximum Gasteiger partial charge on any atom is 0.251 e. The molecule has 0 aliphatic carbocycles. The molecule has 0 radical (unpaired) electrons. The Labute approximate surface area is 196 Å². The Balaban J connectivity index is 0.00000320. The monoisotopic (exact) mass is 532 g/mol. The van der Waals surface area contributed by atoms with E-state index in [1.54, 1.807) is 0 Å². The molecule has 1 N–H and O–H groups in total. The second-order valence-electron chi connectivity index (χ2n) is 8.37. The number of amides is 1. The van der Waals surface area contributed by atoms with Crippen molar-refractivity contribution in [3.63, 3.8) is 0 Å². The molecule has 3 rings (SSSR count). The summed E-state index contributed by atoms with van der Waals surface area (Å²) >= 11 is 0. The predicted octanol–water partition coefficient (Wildman–Crippen LogP) is 3.01. The number of carbonyl (C=O) groups excluding carboxylic acids is 1. The fourth-order valence-electron chi connectivity index (χ4n) is 3.81. The van der Waals surface area contributed by atoms with E-state index < -0.39 is 0 Å². The first-order valence-corrected chi connectivity index (χ1v) is 10.6. The zero-order chi connectivity index (χ0) is 20.9. The predicted molar refractivity (Wildman–Crippen MR) is 128 cm³/mol. The Morgan fingerprint density at radius 3 is 2.40 bits per heavy atom. The second kappa shape index (κ2) is 11.3. The van der Waals surface area contributed by atoms with Crippen molar-refractivity contribution in [2.75, 3.05) is 45.9 Å². The lowest BCUT2D eigenvalue weighted by Gasteiger charge is -2.37. The highest BCUT2D eigenvalue weighted by atomic mass is 127. The van der Waals surface area contributed by atoms with Gasteiger partial charge in [0.1, 0.15) is 11.9 Å². The fourth-order valence-corrected chi connectivity index (χ4v) is 3.81. The van der Waals surface area contributed by atoms with Crippen molar-refractivity contribution in [1.82, 2.24) is 15.1 Å². The Hall–Kier alpha value is -1.42. The summed E-state index contributed by atoms with van der Waals surface area (Å²) in [5, 5.41) is 3.37. The summed E-state index contributed by atoms with van der Waals surface area (Å²) in [5.41, 5.74) is 0.858. The third-order valence-corrected chi connectivity index (χ3v) is 5.68. The molecule has 30 heavy (non-hydrogen) atoms. The fraction of sp³-hybridized carbons (Fsp3) is 0.636. The van der Waals surface area contributed by atoms with Gasteiger partial charge in [0.05, 0.1) is 6.54 Å². The third kappa shape index (κ3) is 6.29. The summed E-state index contributed by atoms with van der Waals surface area (Å²) in [6.07, 6.45) is 1.55. The SMILES string of the molecule is CCNC(=NCC(C)(C)c1ccc(F)cc1)N1CCN(C(=O)C2CCCO2)CC1.I. The Bertz CT molecular complexity index is 712. The number of halogens is 2. The van der Waals surface area contributed by atoms with Crippen molar-refractivity contribution in [1.29, 1.82) is 0 Å². The average molecular weight is 532 g/mol. The molecule has 1 aromatic rings. The van der Waals surface area contributed by atoms with Gasteiger partial charge in [-0.15, -0.1) is 24.0 Å². The summed E-state index contributed by atoms with van der Waals surface area (Å²) in [6.45, 7) is 11.2.